The molecule has 0 saturated carbocycles. The van der Waals surface area contributed by atoms with Gasteiger partial charge in [-0.25, -0.2) is 0 Å². The number of allylic oxidation sites excluding steroid dienone is 2. The Bertz CT molecular complexity index is 1330. The summed E-state index contributed by atoms with van der Waals surface area (Å²) in [5.74, 6) is 2.87. The lowest BCUT2D eigenvalue weighted by atomic mass is 9.72. The van der Waals surface area contributed by atoms with Crippen molar-refractivity contribution in [2.45, 2.75) is 31.6 Å². The minimum absolute atomic E-state index is 0.00909. The van der Waals surface area contributed by atoms with Gasteiger partial charge in [-0.05, 0) is 54.7 Å². The van der Waals surface area contributed by atoms with E-state index in [9.17, 15) is 4.79 Å². The molecule has 0 fully saturated rings. The second kappa shape index (κ2) is 9.02. The smallest absolute Gasteiger partial charge is 0.233 e. The normalized spacial score (nSPS) is 18.9. The molecule has 1 aliphatic heterocycles. The van der Waals surface area contributed by atoms with E-state index in [1.165, 1.54) is 0 Å². The predicted molar refractivity (Wildman–Crippen MR) is 130 cm³/mol. The van der Waals surface area contributed by atoms with Crippen LogP contribution >= 0.6 is 0 Å². The van der Waals surface area contributed by atoms with Crippen LogP contribution in [0.4, 0.5) is 5.88 Å². The van der Waals surface area contributed by atoms with Crippen molar-refractivity contribution in [1.29, 1.82) is 0 Å². The number of ether oxygens (including phenoxy) is 4. The minimum atomic E-state index is -0.314. The third-order valence-corrected chi connectivity index (χ3v) is 6.88. The molecule has 0 spiro atoms. The molecule has 0 radical (unpaired) electrons. The Morgan fingerprint density at radius 2 is 1.46 bits per heavy atom. The molecule has 2 aliphatic rings. The number of fused-ring (bicyclic) bond motifs is 1. The average Bonchev–Trinajstić information content (AvgIpc) is 3.26. The van der Waals surface area contributed by atoms with Gasteiger partial charge in [0, 0.05) is 23.6 Å². The van der Waals surface area contributed by atoms with Crippen molar-refractivity contribution in [3.05, 3.63) is 70.1 Å². The van der Waals surface area contributed by atoms with Crippen LogP contribution < -0.4 is 24.3 Å². The van der Waals surface area contributed by atoms with Crippen LogP contribution in [0.25, 0.3) is 0 Å². The van der Waals surface area contributed by atoms with Crippen LogP contribution in [0.5, 0.6) is 23.0 Å². The number of benzene rings is 2. The first-order valence-corrected chi connectivity index (χ1v) is 11.4. The molecular weight excluding hydrogens is 448 g/mol. The fraction of sp³-hybridized carbons (Fsp3) is 0.333. The van der Waals surface area contributed by atoms with Gasteiger partial charge in [-0.2, -0.15) is 0 Å². The van der Waals surface area contributed by atoms with E-state index in [-0.39, 0.29) is 17.6 Å². The SMILES string of the molecule is COc1ccc([C@@H]2CC(=O)C3=C(C2)Nc2onc(C)c2[C@H]3c2ccc(OC)c(OC)c2)cc1OC. The van der Waals surface area contributed by atoms with Crippen LogP contribution in [0.15, 0.2) is 52.2 Å². The zero-order valence-electron chi connectivity index (χ0n) is 20.4. The summed E-state index contributed by atoms with van der Waals surface area (Å²) in [6, 6.07) is 11.6. The number of nitrogens with one attached hydrogen (secondary N) is 1. The molecule has 5 rings (SSSR count). The molecule has 1 aromatic heterocycles. The highest BCUT2D eigenvalue weighted by Gasteiger charge is 2.41. The zero-order valence-corrected chi connectivity index (χ0v) is 20.4. The van der Waals surface area contributed by atoms with Gasteiger partial charge in [0.25, 0.3) is 0 Å². The predicted octanol–water partition coefficient (Wildman–Crippen LogP) is 4.98. The number of methoxy groups -OCH3 is 4. The molecule has 1 N–H and O–H groups in total. The van der Waals surface area contributed by atoms with Gasteiger partial charge in [0.1, 0.15) is 0 Å². The molecule has 8 heteroatoms. The number of hydrogen-bond acceptors (Lipinski definition) is 8. The molecule has 2 aromatic carbocycles. The summed E-state index contributed by atoms with van der Waals surface area (Å²) in [7, 11) is 6.42. The van der Waals surface area contributed by atoms with Crippen LogP contribution in [0.3, 0.4) is 0 Å². The molecule has 2 atom stereocenters. The van der Waals surface area contributed by atoms with Gasteiger partial charge in [0.2, 0.25) is 5.88 Å². The van der Waals surface area contributed by atoms with Gasteiger partial charge in [0.15, 0.2) is 28.8 Å². The second-order valence-electron chi connectivity index (χ2n) is 8.72. The monoisotopic (exact) mass is 476 g/mol. The molecule has 182 valence electrons. The van der Waals surface area contributed by atoms with Gasteiger partial charge < -0.3 is 28.8 Å². The number of Topliss-reactive ketones (excluding diaryl/α,β-unsaturated/α-hetero) is 1. The van der Waals surface area contributed by atoms with E-state index in [1.807, 2.05) is 43.3 Å². The Morgan fingerprint density at radius 3 is 2.09 bits per heavy atom. The minimum Gasteiger partial charge on any atom is -0.493 e. The van der Waals surface area contributed by atoms with Crippen LogP contribution in [0, 0.1) is 6.92 Å². The van der Waals surface area contributed by atoms with Crippen molar-refractivity contribution < 1.29 is 28.3 Å². The molecule has 0 amide bonds. The second-order valence-corrected chi connectivity index (χ2v) is 8.72. The number of carbonyl (C=O) groups is 1. The summed E-state index contributed by atoms with van der Waals surface area (Å²) in [6.45, 7) is 1.89. The number of rotatable bonds is 6. The first kappa shape index (κ1) is 22.8. The first-order valence-electron chi connectivity index (χ1n) is 11.4. The number of ketones is 1. The summed E-state index contributed by atoms with van der Waals surface area (Å²) >= 11 is 0. The van der Waals surface area contributed by atoms with Crippen LogP contribution in [-0.4, -0.2) is 39.4 Å². The van der Waals surface area contributed by atoms with Gasteiger partial charge in [-0.15, -0.1) is 0 Å². The summed E-state index contributed by atoms with van der Waals surface area (Å²) in [5, 5.41) is 7.56. The highest BCUT2D eigenvalue weighted by molar-refractivity contribution is 6.01. The van der Waals surface area contributed by atoms with Gasteiger partial charge in [-0.1, -0.05) is 17.3 Å². The molecule has 35 heavy (non-hydrogen) atoms. The summed E-state index contributed by atoms with van der Waals surface area (Å²) in [6.07, 6.45) is 1.04. The molecule has 2 heterocycles. The van der Waals surface area contributed by atoms with E-state index in [1.54, 1.807) is 28.4 Å². The molecule has 1 aliphatic carbocycles. The molecule has 0 saturated heterocycles. The Kier molecular flexibility index (Phi) is 5.88. The summed E-state index contributed by atoms with van der Waals surface area (Å²) in [5.41, 5.74) is 5.15. The Labute approximate surface area is 203 Å². The molecule has 0 bridgehead atoms. The third kappa shape index (κ3) is 3.79. The number of aromatic nitrogens is 1. The fourth-order valence-corrected chi connectivity index (χ4v) is 5.18. The van der Waals surface area contributed by atoms with E-state index in [2.05, 4.69) is 10.5 Å². The van der Waals surface area contributed by atoms with E-state index in [0.717, 1.165) is 33.7 Å². The third-order valence-electron chi connectivity index (χ3n) is 6.88. The lowest BCUT2D eigenvalue weighted by Crippen LogP contribution is -2.29. The first-order chi connectivity index (χ1) is 17.0. The maximum atomic E-state index is 13.7. The standard InChI is InChI=1S/C27H28N2O6/c1-14-24-25(16-7-9-21(32-3)23(13-16)34-5)26-18(28-27(24)35-29-14)10-17(11-19(26)30)15-6-8-20(31-2)22(12-15)33-4/h6-9,12-13,17,25,28H,10-11H2,1-5H3/t17-,25+/m0/s1. The molecular formula is C27H28N2O6. The van der Waals surface area contributed by atoms with Gasteiger partial charge in [0.05, 0.1) is 39.7 Å². The summed E-state index contributed by atoms with van der Waals surface area (Å²) in [4.78, 5) is 13.7. The van der Waals surface area contributed by atoms with Crippen molar-refractivity contribution >= 4 is 11.7 Å². The maximum Gasteiger partial charge on any atom is 0.233 e. The van der Waals surface area contributed by atoms with E-state index < -0.39 is 0 Å². The lowest BCUT2D eigenvalue weighted by Gasteiger charge is -2.34. The van der Waals surface area contributed by atoms with Crippen molar-refractivity contribution in [3.63, 3.8) is 0 Å². The van der Waals surface area contributed by atoms with Crippen molar-refractivity contribution in [3.8, 4) is 23.0 Å². The molecule has 0 unspecified atom stereocenters. The highest BCUT2D eigenvalue weighted by atomic mass is 16.5. The maximum absolute atomic E-state index is 13.7. The van der Waals surface area contributed by atoms with Gasteiger partial charge >= 0.3 is 0 Å². The van der Waals surface area contributed by atoms with Crippen molar-refractivity contribution in [2.75, 3.05) is 33.8 Å². The van der Waals surface area contributed by atoms with E-state index in [4.69, 9.17) is 23.5 Å². The van der Waals surface area contributed by atoms with Crippen LogP contribution in [0.1, 0.15) is 47.1 Å². The Morgan fingerprint density at radius 1 is 0.857 bits per heavy atom. The fourth-order valence-electron chi connectivity index (χ4n) is 5.18. The largest absolute Gasteiger partial charge is 0.493 e. The number of nitrogens with zero attached hydrogens (tertiary/aromatic N) is 1. The molecule has 8 nitrogen and oxygen atoms in total. The van der Waals surface area contributed by atoms with Crippen molar-refractivity contribution in [1.82, 2.24) is 5.16 Å². The van der Waals surface area contributed by atoms with Crippen molar-refractivity contribution in [2.24, 2.45) is 0 Å². The Balaban J connectivity index is 1.59. The van der Waals surface area contributed by atoms with Crippen LogP contribution in [0.2, 0.25) is 0 Å². The highest BCUT2D eigenvalue weighted by Crippen LogP contribution is 2.50. The van der Waals surface area contributed by atoms with Crippen LogP contribution in [-0.2, 0) is 4.79 Å². The summed E-state index contributed by atoms with van der Waals surface area (Å²) < 4.78 is 27.4. The Hall–Kier alpha value is -3.94. The quantitative estimate of drug-likeness (QED) is 0.533. The molecule has 3 aromatic rings. The van der Waals surface area contributed by atoms with Gasteiger partial charge in [-0.3, -0.25) is 4.79 Å². The van der Waals surface area contributed by atoms with E-state index in [0.29, 0.717) is 41.7 Å². The number of carbonyl (C=O) groups excluding carboxylic acids is 1. The number of hydrogen-bond donors (Lipinski definition) is 1. The average molecular weight is 477 g/mol. The number of anilines is 1. The lowest BCUT2D eigenvalue weighted by molar-refractivity contribution is -0.116. The van der Waals surface area contributed by atoms with E-state index >= 15 is 0 Å². The zero-order chi connectivity index (χ0) is 24.7. The topological polar surface area (TPSA) is 92.1 Å². The number of aryl methyl sites for hydroxylation is 1.